The van der Waals surface area contributed by atoms with Gasteiger partial charge >= 0.3 is 0 Å². The lowest BCUT2D eigenvalue weighted by Gasteiger charge is -2.33. The third kappa shape index (κ3) is 3.83. The minimum Gasteiger partial charge on any atom is -0.330 e. The van der Waals surface area contributed by atoms with Crippen LogP contribution in [0.5, 0.6) is 0 Å². The Morgan fingerprint density at radius 1 is 1.29 bits per heavy atom. The normalized spacial score (nSPS) is 14.1. The highest BCUT2D eigenvalue weighted by molar-refractivity contribution is 5.28. The summed E-state index contributed by atoms with van der Waals surface area (Å²) in [5, 5.41) is 0. The molecule has 0 aliphatic rings. The fourth-order valence-electron chi connectivity index (χ4n) is 2.17. The molecule has 1 rings (SSSR count). The molecule has 1 aromatic rings. The molecule has 0 amide bonds. The smallest absolute Gasteiger partial charge is 0.0319 e. The molecule has 0 saturated heterocycles. The topological polar surface area (TPSA) is 29.3 Å². The molecule has 0 spiro atoms. The molecule has 96 valence electrons. The number of benzene rings is 1. The van der Waals surface area contributed by atoms with Gasteiger partial charge in [-0.25, -0.2) is 0 Å². The summed E-state index contributed by atoms with van der Waals surface area (Å²) in [6.45, 7) is 10.6. The molecule has 1 atom stereocenters. The Bertz CT molecular complexity index is 358. The van der Waals surface area contributed by atoms with E-state index in [4.69, 9.17) is 5.73 Å². The molecule has 0 fully saturated rings. The number of aryl methyl sites for hydroxylation is 1. The van der Waals surface area contributed by atoms with Crippen LogP contribution in [0, 0.1) is 12.3 Å². The molecule has 2 N–H and O–H groups in total. The number of nitrogens with zero attached hydrogens (tertiary/aromatic N) is 1. The molecule has 1 aromatic carbocycles. The van der Waals surface area contributed by atoms with E-state index in [1.807, 2.05) is 0 Å². The average molecular weight is 234 g/mol. The summed E-state index contributed by atoms with van der Waals surface area (Å²) in [6.07, 6.45) is 0. The first-order valence-corrected chi connectivity index (χ1v) is 6.33. The fraction of sp³-hybridized carbons (Fsp3) is 0.600. The molecule has 0 aromatic heterocycles. The van der Waals surface area contributed by atoms with Gasteiger partial charge in [-0.05, 0) is 44.0 Å². The van der Waals surface area contributed by atoms with Crippen LogP contribution in [0.15, 0.2) is 24.3 Å². The van der Waals surface area contributed by atoms with Crippen molar-refractivity contribution in [3.05, 3.63) is 35.4 Å². The van der Waals surface area contributed by atoms with Gasteiger partial charge in [-0.1, -0.05) is 38.1 Å². The first kappa shape index (κ1) is 14.2. The lowest BCUT2D eigenvalue weighted by Crippen LogP contribution is -2.38. The summed E-state index contributed by atoms with van der Waals surface area (Å²) in [7, 11) is 2.18. The van der Waals surface area contributed by atoms with Crippen molar-refractivity contribution in [3.63, 3.8) is 0 Å². The second-order valence-corrected chi connectivity index (χ2v) is 5.82. The Morgan fingerprint density at radius 2 is 1.88 bits per heavy atom. The summed E-state index contributed by atoms with van der Waals surface area (Å²) in [4.78, 5) is 2.38. The van der Waals surface area contributed by atoms with E-state index in [1.54, 1.807) is 0 Å². The quantitative estimate of drug-likeness (QED) is 0.848. The highest BCUT2D eigenvalue weighted by atomic mass is 15.1. The number of hydrogen-bond donors (Lipinski definition) is 1. The Morgan fingerprint density at radius 3 is 2.41 bits per heavy atom. The van der Waals surface area contributed by atoms with Crippen LogP contribution in [0.3, 0.4) is 0 Å². The molecule has 0 radical (unpaired) electrons. The summed E-state index contributed by atoms with van der Waals surface area (Å²) in [5.41, 5.74) is 8.73. The van der Waals surface area contributed by atoms with Crippen LogP contribution in [-0.2, 0) is 0 Å². The van der Waals surface area contributed by atoms with Crippen molar-refractivity contribution in [3.8, 4) is 0 Å². The second-order valence-electron chi connectivity index (χ2n) is 5.82. The minimum atomic E-state index is 0.172. The highest BCUT2D eigenvalue weighted by Crippen LogP contribution is 2.25. The van der Waals surface area contributed by atoms with Crippen molar-refractivity contribution < 1.29 is 0 Å². The van der Waals surface area contributed by atoms with Crippen LogP contribution >= 0.6 is 0 Å². The van der Waals surface area contributed by atoms with Crippen molar-refractivity contribution in [2.24, 2.45) is 11.1 Å². The average Bonchev–Trinajstić information content (AvgIpc) is 2.28. The fourth-order valence-corrected chi connectivity index (χ4v) is 2.17. The van der Waals surface area contributed by atoms with Crippen molar-refractivity contribution >= 4 is 0 Å². The molecule has 17 heavy (non-hydrogen) atoms. The zero-order valence-corrected chi connectivity index (χ0v) is 11.8. The largest absolute Gasteiger partial charge is 0.330 e. The molecule has 0 bridgehead atoms. The van der Waals surface area contributed by atoms with Crippen molar-refractivity contribution in [1.29, 1.82) is 0 Å². The molecular weight excluding hydrogens is 208 g/mol. The van der Waals surface area contributed by atoms with Crippen LogP contribution < -0.4 is 5.73 Å². The maximum absolute atomic E-state index is 5.80. The third-order valence-corrected chi connectivity index (χ3v) is 3.53. The minimum absolute atomic E-state index is 0.172. The predicted octanol–water partition coefficient (Wildman–Crippen LogP) is 2.97. The van der Waals surface area contributed by atoms with Crippen molar-refractivity contribution in [2.75, 3.05) is 20.1 Å². The Kier molecular flexibility index (Phi) is 4.72. The second kappa shape index (κ2) is 5.65. The lowest BCUT2D eigenvalue weighted by molar-refractivity contribution is 0.174. The number of nitrogens with two attached hydrogens (primary N) is 1. The van der Waals surface area contributed by atoms with E-state index < -0.39 is 0 Å². The van der Waals surface area contributed by atoms with E-state index in [1.165, 1.54) is 11.1 Å². The van der Waals surface area contributed by atoms with Crippen molar-refractivity contribution in [1.82, 2.24) is 4.90 Å². The van der Waals surface area contributed by atoms with Crippen LogP contribution in [0.25, 0.3) is 0 Å². The van der Waals surface area contributed by atoms with Gasteiger partial charge in [0.1, 0.15) is 0 Å². The molecule has 0 aliphatic carbocycles. The highest BCUT2D eigenvalue weighted by Gasteiger charge is 2.22. The lowest BCUT2D eigenvalue weighted by atomic mass is 9.91. The molecule has 0 aliphatic heterocycles. The summed E-state index contributed by atoms with van der Waals surface area (Å²) >= 11 is 0. The van der Waals surface area contributed by atoms with Gasteiger partial charge in [0.25, 0.3) is 0 Å². The predicted molar refractivity (Wildman–Crippen MR) is 75.1 cm³/mol. The van der Waals surface area contributed by atoms with Crippen LogP contribution in [0.1, 0.15) is 37.9 Å². The molecule has 0 heterocycles. The van der Waals surface area contributed by atoms with Crippen LogP contribution in [0.2, 0.25) is 0 Å². The maximum Gasteiger partial charge on any atom is 0.0319 e. The van der Waals surface area contributed by atoms with E-state index in [-0.39, 0.29) is 5.41 Å². The first-order chi connectivity index (χ1) is 7.87. The Labute approximate surface area is 106 Å². The van der Waals surface area contributed by atoms with E-state index in [2.05, 4.69) is 63.9 Å². The van der Waals surface area contributed by atoms with E-state index >= 15 is 0 Å². The van der Waals surface area contributed by atoms with E-state index in [0.717, 1.165) is 13.1 Å². The van der Waals surface area contributed by atoms with E-state index in [0.29, 0.717) is 6.04 Å². The zero-order chi connectivity index (χ0) is 13.1. The molecule has 2 nitrogen and oxygen atoms in total. The number of rotatable bonds is 5. The van der Waals surface area contributed by atoms with Gasteiger partial charge < -0.3 is 5.73 Å². The van der Waals surface area contributed by atoms with Gasteiger partial charge in [0.05, 0.1) is 0 Å². The van der Waals surface area contributed by atoms with Gasteiger partial charge in [-0.15, -0.1) is 0 Å². The molecule has 1 unspecified atom stereocenters. The Hall–Kier alpha value is -0.860. The van der Waals surface area contributed by atoms with Gasteiger partial charge in [-0.3, -0.25) is 4.90 Å². The summed E-state index contributed by atoms with van der Waals surface area (Å²) in [5.74, 6) is 0. The maximum atomic E-state index is 5.80. The van der Waals surface area contributed by atoms with Gasteiger partial charge in [0.15, 0.2) is 0 Å². The molecule has 0 saturated carbocycles. The van der Waals surface area contributed by atoms with E-state index in [9.17, 15) is 0 Å². The summed E-state index contributed by atoms with van der Waals surface area (Å²) in [6, 6.07) is 9.03. The number of hydrogen-bond acceptors (Lipinski definition) is 2. The third-order valence-electron chi connectivity index (χ3n) is 3.53. The molecular formula is C15H26N2. The SMILES string of the molecule is Cc1ccccc1C(C)N(C)CC(C)(C)CN. The van der Waals surface area contributed by atoms with Crippen LogP contribution in [-0.4, -0.2) is 25.0 Å². The van der Waals surface area contributed by atoms with Crippen LogP contribution in [0.4, 0.5) is 0 Å². The van der Waals surface area contributed by atoms with Gasteiger partial charge in [-0.2, -0.15) is 0 Å². The van der Waals surface area contributed by atoms with Gasteiger partial charge in [0, 0.05) is 12.6 Å². The molecule has 2 heteroatoms. The zero-order valence-electron chi connectivity index (χ0n) is 11.8. The van der Waals surface area contributed by atoms with Crippen molar-refractivity contribution in [2.45, 2.75) is 33.7 Å². The Balaban J connectivity index is 2.77. The monoisotopic (exact) mass is 234 g/mol. The summed E-state index contributed by atoms with van der Waals surface area (Å²) < 4.78 is 0. The van der Waals surface area contributed by atoms with Gasteiger partial charge in [0.2, 0.25) is 0 Å². The standard InChI is InChI=1S/C15H26N2/c1-12-8-6-7-9-14(12)13(2)17(5)11-15(3,4)10-16/h6-9,13H,10-11,16H2,1-5H3. The first-order valence-electron chi connectivity index (χ1n) is 6.33.